The number of carbonyl (C=O) groups excluding carboxylic acids is 1. The molecule has 4 rings (SSSR count). The Morgan fingerprint density at radius 1 is 1.30 bits per heavy atom. The summed E-state index contributed by atoms with van der Waals surface area (Å²) in [6, 6.07) is 9.65. The van der Waals surface area contributed by atoms with Crippen LogP contribution in [0.2, 0.25) is 0 Å². The van der Waals surface area contributed by atoms with Gasteiger partial charge in [0.25, 0.3) is 5.91 Å². The van der Waals surface area contributed by atoms with E-state index in [0.29, 0.717) is 42.9 Å². The van der Waals surface area contributed by atoms with Gasteiger partial charge in [-0.1, -0.05) is 30.3 Å². The Morgan fingerprint density at radius 2 is 2.11 bits per heavy atom. The second-order valence-corrected chi connectivity index (χ2v) is 7.02. The maximum atomic E-state index is 15.0. The van der Waals surface area contributed by atoms with E-state index in [2.05, 4.69) is 15.6 Å². The first kappa shape index (κ1) is 17.9. The van der Waals surface area contributed by atoms with Gasteiger partial charge in [0.15, 0.2) is 11.6 Å². The van der Waals surface area contributed by atoms with E-state index in [0.717, 1.165) is 12.0 Å². The number of hydrogen-bond donors (Lipinski definition) is 3. The standard InChI is InChI=1S/C20H23FN4O2/c21-18-13-10-23-20(26)17(13)16(7-6-12-4-2-1-3-5-12)25-19(18)24-15-8-9-27-11-14(15)22/h1-5,14-15H,6-11,22H2,(H,23,26)(H,24,25)/t14-,15+/m0/s1. The van der Waals surface area contributed by atoms with Crippen LogP contribution in [0.5, 0.6) is 0 Å². The van der Waals surface area contributed by atoms with Crippen LogP contribution in [0.15, 0.2) is 30.3 Å². The van der Waals surface area contributed by atoms with Crippen molar-refractivity contribution in [1.29, 1.82) is 0 Å². The Bertz CT molecular complexity index is 844. The van der Waals surface area contributed by atoms with Gasteiger partial charge in [0.05, 0.1) is 17.9 Å². The number of fused-ring (bicyclic) bond motifs is 1. The number of rotatable bonds is 5. The van der Waals surface area contributed by atoms with Crippen LogP contribution in [0.25, 0.3) is 0 Å². The molecule has 2 atom stereocenters. The number of aromatic nitrogens is 1. The van der Waals surface area contributed by atoms with Crippen LogP contribution in [0, 0.1) is 5.82 Å². The van der Waals surface area contributed by atoms with Gasteiger partial charge in [-0.3, -0.25) is 4.79 Å². The number of amides is 1. The molecule has 0 radical (unpaired) electrons. The number of benzene rings is 1. The molecule has 142 valence electrons. The molecule has 0 saturated carbocycles. The number of hydrogen-bond acceptors (Lipinski definition) is 5. The van der Waals surface area contributed by atoms with Gasteiger partial charge in [-0.25, -0.2) is 9.37 Å². The lowest BCUT2D eigenvalue weighted by atomic mass is 10.0. The molecule has 2 aliphatic heterocycles. The van der Waals surface area contributed by atoms with Crippen molar-refractivity contribution < 1.29 is 13.9 Å². The van der Waals surface area contributed by atoms with Gasteiger partial charge in [-0.2, -0.15) is 0 Å². The van der Waals surface area contributed by atoms with Crippen LogP contribution in [-0.4, -0.2) is 36.2 Å². The summed E-state index contributed by atoms with van der Waals surface area (Å²) in [5, 5.41) is 5.86. The molecule has 6 nitrogen and oxygen atoms in total. The van der Waals surface area contributed by atoms with Crippen molar-refractivity contribution in [3.05, 3.63) is 58.5 Å². The van der Waals surface area contributed by atoms with E-state index in [9.17, 15) is 9.18 Å². The normalized spacial score (nSPS) is 21.6. The Balaban J connectivity index is 1.63. The zero-order valence-electron chi connectivity index (χ0n) is 15.0. The van der Waals surface area contributed by atoms with E-state index in [1.54, 1.807) is 0 Å². The molecule has 1 amide bonds. The maximum absolute atomic E-state index is 15.0. The number of aryl methyl sites for hydroxylation is 2. The van der Waals surface area contributed by atoms with Gasteiger partial charge in [0.1, 0.15) is 0 Å². The first-order valence-electron chi connectivity index (χ1n) is 9.26. The Labute approximate surface area is 157 Å². The molecule has 0 bridgehead atoms. The minimum Gasteiger partial charge on any atom is -0.380 e. The number of nitrogens with zero attached hydrogens (tertiary/aromatic N) is 1. The van der Waals surface area contributed by atoms with Gasteiger partial charge in [-0.05, 0) is 24.8 Å². The lowest BCUT2D eigenvalue weighted by Gasteiger charge is -2.30. The average Bonchev–Trinajstić information content (AvgIpc) is 3.08. The van der Waals surface area contributed by atoms with Crippen LogP contribution in [0.3, 0.4) is 0 Å². The summed E-state index contributed by atoms with van der Waals surface area (Å²) >= 11 is 0. The zero-order valence-corrected chi connectivity index (χ0v) is 15.0. The molecular formula is C20H23FN4O2. The second kappa shape index (κ2) is 7.62. The lowest BCUT2D eigenvalue weighted by Crippen LogP contribution is -2.48. The van der Waals surface area contributed by atoms with E-state index >= 15 is 0 Å². The van der Waals surface area contributed by atoms with E-state index in [1.807, 2.05) is 30.3 Å². The van der Waals surface area contributed by atoms with Crippen LogP contribution >= 0.6 is 0 Å². The highest BCUT2D eigenvalue weighted by molar-refractivity contribution is 5.99. The third-order valence-corrected chi connectivity index (χ3v) is 5.18. The van der Waals surface area contributed by atoms with E-state index in [1.165, 1.54) is 0 Å². The highest BCUT2D eigenvalue weighted by atomic mass is 19.1. The molecule has 0 spiro atoms. The Kier molecular flexibility index (Phi) is 5.05. The van der Waals surface area contributed by atoms with Crippen LogP contribution < -0.4 is 16.4 Å². The summed E-state index contributed by atoms with van der Waals surface area (Å²) in [4.78, 5) is 16.7. The summed E-state index contributed by atoms with van der Waals surface area (Å²) in [6.07, 6.45) is 1.99. The molecule has 0 aliphatic carbocycles. The number of halogens is 1. The molecule has 27 heavy (non-hydrogen) atoms. The number of nitrogens with two attached hydrogens (primary N) is 1. The minimum atomic E-state index is -0.467. The fourth-order valence-corrected chi connectivity index (χ4v) is 3.66. The van der Waals surface area contributed by atoms with E-state index in [4.69, 9.17) is 10.5 Å². The van der Waals surface area contributed by atoms with Crippen molar-refractivity contribution in [2.75, 3.05) is 18.5 Å². The number of anilines is 1. The molecule has 2 aromatic rings. The molecule has 0 unspecified atom stereocenters. The molecule has 1 fully saturated rings. The Hall–Kier alpha value is -2.51. The number of ether oxygens (including phenoxy) is 1. The lowest BCUT2D eigenvalue weighted by molar-refractivity contribution is 0.0751. The number of nitrogens with one attached hydrogen (secondary N) is 2. The van der Waals surface area contributed by atoms with Crippen molar-refractivity contribution in [2.45, 2.75) is 37.9 Å². The van der Waals surface area contributed by atoms with Crippen molar-refractivity contribution in [2.24, 2.45) is 5.73 Å². The molecule has 1 saturated heterocycles. The fraction of sp³-hybridized carbons (Fsp3) is 0.400. The topological polar surface area (TPSA) is 89.3 Å². The fourth-order valence-electron chi connectivity index (χ4n) is 3.66. The molecule has 4 N–H and O–H groups in total. The second-order valence-electron chi connectivity index (χ2n) is 7.02. The quantitative estimate of drug-likeness (QED) is 0.747. The highest BCUT2D eigenvalue weighted by Gasteiger charge is 2.31. The van der Waals surface area contributed by atoms with Gasteiger partial charge in [0.2, 0.25) is 0 Å². The molecule has 2 aliphatic rings. The first-order chi connectivity index (χ1) is 13.1. The van der Waals surface area contributed by atoms with Crippen molar-refractivity contribution in [1.82, 2.24) is 10.3 Å². The van der Waals surface area contributed by atoms with Gasteiger partial charge >= 0.3 is 0 Å². The molecule has 7 heteroatoms. The highest BCUT2D eigenvalue weighted by Crippen LogP contribution is 2.28. The van der Waals surface area contributed by atoms with Gasteiger partial charge in [0, 0.05) is 30.8 Å². The van der Waals surface area contributed by atoms with E-state index in [-0.39, 0.29) is 30.4 Å². The SMILES string of the molecule is N[C@H]1COCC[C@H]1Nc1nc(CCc2ccccc2)c2c(c1F)CNC2=O. The molecular weight excluding hydrogens is 347 g/mol. The minimum absolute atomic E-state index is 0.106. The van der Waals surface area contributed by atoms with Crippen LogP contribution in [-0.2, 0) is 24.1 Å². The van der Waals surface area contributed by atoms with E-state index < -0.39 is 5.82 Å². The third kappa shape index (κ3) is 3.65. The Morgan fingerprint density at radius 3 is 2.89 bits per heavy atom. The largest absolute Gasteiger partial charge is 0.380 e. The van der Waals surface area contributed by atoms with Gasteiger partial charge in [-0.15, -0.1) is 0 Å². The predicted octanol–water partition coefficient (Wildman–Crippen LogP) is 1.78. The third-order valence-electron chi connectivity index (χ3n) is 5.18. The number of pyridine rings is 1. The van der Waals surface area contributed by atoms with Crippen molar-refractivity contribution in [3.8, 4) is 0 Å². The zero-order chi connectivity index (χ0) is 18.8. The van der Waals surface area contributed by atoms with Crippen molar-refractivity contribution in [3.63, 3.8) is 0 Å². The smallest absolute Gasteiger partial charge is 0.253 e. The average molecular weight is 370 g/mol. The summed E-state index contributed by atoms with van der Waals surface area (Å²) in [5.74, 6) is -0.546. The maximum Gasteiger partial charge on any atom is 0.253 e. The predicted molar refractivity (Wildman–Crippen MR) is 100 cm³/mol. The summed E-state index contributed by atoms with van der Waals surface area (Å²) in [5.41, 5.74) is 8.62. The monoisotopic (exact) mass is 370 g/mol. The van der Waals surface area contributed by atoms with Crippen molar-refractivity contribution >= 4 is 11.7 Å². The first-order valence-corrected chi connectivity index (χ1v) is 9.26. The summed E-state index contributed by atoms with van der Waals surface area (Å²) in [7, 11) is 0. The molecule has 1 aromatic heterocycles. The van der Waals surface area contributed by atoms with Crippen LogP contribution in [0.4, 0.5) is 10.2 Å². The number of carbonyl (C=O) groups is 1. The molecule has 1 aromatic carbocycles. The summed E-state index contributed by atoms with van der Waals surface area (Å²) < 4.78 is 20.3. The summed E-state index contributed by atoms with van der Waals surface area (Å²) in [6.45, 7) is 1.21. The van der Waals surface area contributed by atoms with Crippen LogP contribution in [0.1, 0.15) is 33.6 Å². The van der Waals surface area contributed by atoms with Gasteiger partial charge < -0.3 is 21.1 Å². The molecule has 3 heterocycles.